The number of aromatic hydroxyl groups is 1. The molecule has 2 aromatic carbocycles. The van der Waals surface area contributed by atoms with E-state index < -0.39 is 29.4 Å². The smallest absolute Gasteiger partial charge is 0.311 e. The van der Waals surface area contributed by atoms with E-state index in [1.54, 1.807) is 32.0 Å². The molecular weight excluding hydrogens is 397 g/mol. The highest BCUT2D eigenvalue weighted by Gasteiger charge is 2.34. The number of fused-ring (bicyclic) bond motifs is 1. The third kappa shape index (κ3) is 3.49. The van der Waals surface area contributed by atoms with Gasteiger partial charge in [-0.3, -0.25) is 14.2 Å². The summed E-state index contributed by atoms with van der Waals surface area (Å²) in [4.78, 5) is 25.3. The van der Waals surface area contributed by atoms with E-state index in [1.807, 2.05) is 6.92 Å². The van der Waals surface area contributed by atoms with Crippen LogP contribution in [0.4, 0.5) is 4.39 Å². The lowest BCUT2D eigenvalue weighted by Gasteiger charge is -2.20. The van der Waals surface area contributed by atoms with Crippen molar-refractivity contribution in [3.63, 3.8) is 0 Å². The van der Waals surface area contributed by atoms with Gasteiger partial charge in [0.15, 0.2) is 11.6 Å². The van der Waals surface area contributed by atoms with E-state index in [2.05, 4.69) is 0 Å². The van der Waals surface area contributed by atoms with Crippen molar-refractivity contribution in [3.8, 4) is 5.75 Å². The minimum absolute atomic E-state index is 0.0504. The SMILES string of the molecule is CC[C@@H](C)C(C(=O)O)c1c(C)n(C(=O)c2cccc(Cl)c2)c2ccc(O)c(F)c12. The molecule has 1 aromatic heterocycles. The first-order valence-electron chi connectivity index (χ1n) is 9.24. The Morgan fingerprint density at radius 1 is 1.24 bits per heavy atom. The number of aromatic nitrogens is 1. The summed E-state index contributed by atoms with van der Waals surface area (Å²) in [5, 5.41) is 20.1. The van der Waals surface area contributed by atoms with Gasteiger partial charge in [0.1, 0.15) is 0 Å². The summed E-state index contributed by atoms with van der Waals surface area (Å²) >= 11 is 6.01. The number of hydrogen-bond acceptors (Lipinski definition) is 3. The number of carboxylic acids is 1. The molecule has 0 saturated heterocycles. The van der Waals surface area contributed by atoms with Crippen LogP contribution >= 0.6 is 11.6 Å². The summed E-state index contributed by atoms with van der Waals surface area (Å²) in [6.07, 6.45) is 0.547. The van der Waals surface area contributed by atoms with Gasteiger partial charge in [-0.05, 0) is 48.7 Å². The number of rotatable bonds is 5. The van der Waals surface area contributed by atoms with Gasteiger partial charge in [0.2, 0.25) is 0 Å². The first kappa shape index (κ1) is 20.9. The minimum Gasteiger partial charge on any atom is -0.505 e. The molecular formula is C22H21ClFNO4. The number of benzene rings is 2. The van der Waals surface area contributed by atoms with E-state index in [0.29, 0.717) is 17.1 Å². The van der Waals surface area contributed by atoms with Gasteiger partial charge in [-0.1, -0.05) is 37.9 Å². The predicted octanol–water partition coefficient (Wildman–Crippen LogP) is 5.35. The number of phenols is 1. The topological polar surface area (TPSA) is 79.5 Å². The molecule has 2 atom stereocenters. The molecule has 29 heavy (non-hydrogen) atoms. The summed E-state index contributed by atoms with van der Waals surface area (Å²) < 4.78 is 16.3. The van der Waals surface area contributed by atoms with Crippen LogP contribution in [0.3, 0.4) is 0 Å². The van der Waals surface area contributed by atoms with Crippen molar-refractivity contribution in [1.29, 1.82) is 0 Å². The zero-order valence-electron chi connectivity index (χ0n) is 16.2. The number of carbonyl (C=O) groups is 2. The van der Waals surface area contributed by atoms with Crippen molar-refractivity contribution in [2.45, 2.75) is 33.1 Å². The summed E-state index contributed by atoms with van der Waals surface area (Å²) in [6, 6.07) is 8.91. The largest absolute Gasteiger partial charge is 0.505 e. The molecule has 1 unspecified atom stereocenters. The zero-order valence-corrected chi connectivity index (χ0v) is 17.0. The van der Waals surface area contributed by atoms with E-state index >= 15 is 0 Å². The lowest BCUT2D eigenvalue weighted by molar-refractivity contribution is -0.140. The molecule has 7 heteroatoms. The van der Waals surface area contributed by atoms with Gasteiger partial charge in [0.25, 0.3) is 5.91 Å². The second kappa shape index (κ2) is 7.87. The Kier molecular flexibility index (Phi) is 5.66. The number of phenolic OH excluding ortho intramolecular Hbond substituents is 1. The Balaban J connectivity index is 2.39. The van der Waals surface area contributed by atoms with Gasteiger partial charge < -0.3 is 10.2 Å². The first-order chi connectivity index (χ1) is 13.7. The average Bonchev–Trinajstić information content (AvgIpc) is 2.96. The summed E-state index contributed by atoms with van der Waals surface area (Å²) in [6.45, 7) is 5.20. The van der Waals surface area contributed by atoms with Crippen LogP contribution in [0, 0.1) is 18.7 Å². The molecule has 152 valence electrons. The molecule has 0 radical (unpaired) electrons. The molecule has 0 bridgehead atoms. The van der Waals surface area contributed by atoms with Crippen molar-refractivity contribution in [1.82, 2.24) is 4.57 Å². The number of aliphatic carboxylic acids is 1. The Morgan fingerprint density at radius 3 is 2.52 bits per heavy atom. The van der Waals surface area contributed by atoms with E-state index in [-0.39, 0.29) is 27.9 Å². The molecule has 3 rings (SSSR count). The molecule has 0 aliphatic carbocycles. The average molecular weight is 418 g/mol. The highest BCUT2D eigenvalue weighted by molar-refractivity contribution is 6.31. The fourth-order valence-electron chi connectivity index (χ4n) is 3.76. The molecule has 3 aromatic rings. The molecule has 5 nitrogen and oxygen atoms in total. The number of carboxylic acid groups (broad SMARTS) is 1. The summed E-state index contributed by atoms with van der Waals surface area (Å²) in [5.41, 5.74) is 1.01. The quantitative estimate of drug-likeness (QED) is 0.586. The summed E-state index contributed by atoms with van der Waals surface area (Å²) in [7, 11) is 0. The summed E-state index contributed by atoms with van der Waals surface area (Å²) in [5.74, 6) is -4.45. The van der Waals surface area contributed by atoms with Gasteiger partial charge in [0, 0.05) is 21.7 Å². The third-order valence-corrected chi connectivity index (χ3v) is 5.63. The zero-order chi connectivity index (χ0) is 21.5. The lowest BCUT2D eigenvalue weighted by atomic mass is 9.84. The maximum absolute atomic E-state index is 15.0. The Labute approximate surface area is 172 Å². The highest BCUT2D eigenvalue weighted by Crippen LogP contribution is 2.40. The second-order valence-electron chi connectivity index (χ2n) is 7.14. The standard InChI is InChI=1S/C22H21ClFNO4/c1-4-11(2)17(22(28)29)18-12(3)25(15-8-9-16(26)20(24)19(15)18)21(27)13-6-5-7-14(23)10-13/h5-11,17,26H,4H2,1-3H3,(H,28,29)/t11-,17?/m1/s1. The minimum atomic E-state index is -1.11. The molecule has 0 saturated carbocycles. The van der Waals surface area contributed by atoms with Gasteiger partial charge >= 0.3 is 5.97 Å². The predicted molar refractivity (Wildman–Crippen MR) is 109 cm³/mol. The Bertz CT molecular complexity index is 1120. The number of hydrogen-bond donors (Lipinski definition) is 2. The maximum atomic E-state index is 15.0. The molecule has 0 aliphatic rings. The van der Waals surface area contributed by atoms with Crippen LogP contribution in [0.5, 0.6) is 5.75 Å². The number of carbonyl (C=O) groups excluding carboxylic acids is 1. The first-order valence-corrected chi connectivity index (χ1v) is 9.62. The van der Waals surface area contributed by atoms with Crippen LogP contribution in [-0.4, -0.2) is 26.7 Å². The molecule has 0 fully saturated rings. The third-order valence-electron chi connectivity index (χ3n) is 5.40. The monoisotopic (exact) mass is 417 g/mol. The molecule has 0 amide bonds. The normalized spacial score (nSPS) is 13.4. The fraction of sp³-hybridized carbons (Fsp3) is 0.273. The molecule has 2 N–H and O–H groups in total. The van der Waals surface area contributed by atoms with E-state index in [0.717, 1.165) is 6.07 Å². The van der Waals surface area contributed by atoms with Crippen LogP contribution in [0.1, 0.15) is 47.8 Å². The number of nitrogens with zero attached hydrogens (tertiary/aromatic N) is 1. The van der Waals surface area contributed by atoms with E-state index in [9.17, 15) is 24.2 Å². The second-order valence-corrected chi connectivity index (χ2v) is 7.58. The van der Waals surface area contributed by atoms with Gasteiger partial charge in [-0.25, -0.2) is 4.39 Å². The Hall–Kier alpha value is -2.86. The molecule has 1 heterocycles. The maximum Gasteiger partial charge on any atom is 0.311 e. The van der Waals surface area contributed by atoms with Crippen LogP contribution in [0.15, 0.2) is 36.4 Å². The van der Waals surface area contributed by atoms with Gasteiger partial charge in [0.05, 0.1) is 11.4 Å². The van der Waals surface area contributed by atoms with Crippen LogP contribution in [0.2, 0.25) is 5.02 Å². The van der Waals surface area contributed by atoms with Crippen molar-refractivity contribution < 1.29 is 24.2 Å². The van der Waals surface area contributed by atoms with Crippen molar-refractivity contribution in [2.24, 2.45) is 5.92 Å². The van der Waals surface area contributed by atoms with Crippen LogP contribution in [0.25, 0.3) is 10.9 Å². The fourth-order valence-corrected chi connectivity index (χ4v) is 3.95. The van der Waals surface area contributed by atoms with Crippen LogP contribution in [-0.2, 0) is 4.79 Å². The van der Waals surface area contributed by atoms with Gasteiger partial charge in [-0.2, -0.15) is 0 Å². The molecule has 0 spiro atoms. The van der Waals surface area contributed by atoms with E-state index in [4.69, 9.17) is 11.6 Å². The van der Waals surface area contributed by atoms with Crippen molar-refractivity contribution >= 4 is 34.4 Å². The Morgan fingerprint density at radius 2 is 1.93 bits per heavy atom. The van der Waals surface area contributed by atoms with Gasteiger partial charge in [-0.15, -0.1) is 0 Å². The van der Waals surface area contributed by atoms with Crippen molar-refractivity contribution in [3.05, 3.63) is 64.1 Å². The van der Waals surface area contributed by atoms with Crippen molar-refractivity contribution in [2.75, 3.05) is 0 Å². The molecule has 0 aliphatic heterocycles. The lowest BCUT2D eigenvalue weighted by Crippen LogP contribution is -2.21. The number of halogens is 2. The highest BCUT2D eigenvalue weighted by atomic mass is 35.5. The van der Waals surface area contributed by atoms with E-state index in [1.165, 1.54) is 16.7 Å². The van der Waals surface area contributed by atoms with Crippen LogP contribution < -0.4 is 0 Å².